The topological polar surface area (TPSA) is 125 Å². The van der Waals surface area contributed by atoms with Crippen LogP contribution < -0.4 is 10.6 Å². The van der Waals surface area contributed by atoms with Gasteiger partial charge in [-0.2, -0.15) is 0 Å². The minimum absolute atomic E-state index is 0.140. The fourth-order valence-electron chi connectivity index (χ4n) is 5.05. The molecule has 3 rings (SSSR count). The van der Waals surface area contributed by atoms with Gasteiger partial charge in [0.05, 0.1) is 7.11 Å². The third kappa shape index (κ3) is 5.00. The maximum Gasteiger partial charge on any atom is 0.407 e. The summed E-state index contributed by atoms with van der Waals surface area (Å²) >= 11 is 0. The van der Waals surface area contributed by atoms with Gasteiger partial charge in [0, 0.05) is 19.0 Å². The number of rotatable bonds is 6. The lowest BCUT2D eigenvalue weighted by molar-refractivity contribution is -0.146. The Morgan fingerprint density at radius 1 is 1.21 bits per heavy atom. The van der Waals surface area contributed by atoms with Gasteiger partial charge in [0.1, 0.15) is 12.1 Å². The number of carbonyl (C=O) groups excluding carboxylic acids is 3. The highest BCUT2D eigenvalue weighted by molar-refractivity contribution is 5.90. The first-order chi connectivity index (χ1) is 13.9. The highest BCUT2D eigenvalue weighted by atomic mass is 16.5. The zero-order valence-corrected chi connectivity index (χ0v) is 16.9. The van der Waals surface area contributed by atoms with Crippen molar-refractivity contribution in [3.63, 3.8) is 0 Å². The van der Waals surface area contributed by atoms with Crippen LogP contribution in [0.5, 0.6) is 0 Å². The SMILES string of the molecule is COC(=O)[C@H](C[C@@H]1CCNC1=O)NC(=O)C1CC(C2CCCCC2)CN1C(=O)O. The van der Waals surface area contributed by atoms with Crippen molar-refractivity contribution >= 4 is 23.9 Å². The van der Waals surface area contributed by atoms with Crippen molar-refractivity contribution in [2.45, 2.75) is 63.5 Å². The lowest BCUT2D eigenvalue weighted by atomic mass is 9.79. The number of likely N-dealkylation sites (tertiary alicyclic amines) is 1. The molecule has 0 aromatic carbocycles. The second kappa shape index (κ2) is 9.45. The smallest absolute Gasteiger partial charge is 0.407 e. The van der Waals surface area contributed by atoms with E-state index in [-0.39, 0.29) is 24.2 Å². The number of methoxy groups -OCH3 is 1. The molecule has 0 bridgehead atoms. The van der Waals surface area contributed by atoms with Gasteiger partial charge in [0.2, 0.25) is 11.8 Å². The van der Waals surface area contributed by atoms with E-state index < -0.39 is 30.1 Å². The number of ether oxygens (including phenoxy) is 1. The number of nitrogens with zero attached hydrogens (tertiary/aromatic N) is 1. The Bertz CT molecular complexity index is 648. The molecule has 4 atom stereocenters. The van der Waals surface area contributed by atoms with Crippen LogP contribution in [0.1, 0.15) is 51.4 Å². The molecular weight excluding hydrogens is 378 g/mol. The quantitative estimate of drug-likeness (QED) is 0.565. The molecule has 0 spiro atoms. The molecule has 1 aliphatic carbocycles. The predicted molar refractivity (Wildman–Crippen MR) is 103 cm³/mol. The van der Waals surface area contributed by atoms with Crippen LogP contribution in [-0.2, 0) is 19.1 Å². The van der Waals surface area contributed by atoms with Gasteiger partial charge in [-0.3, -0.25) is 14.5 Å². The Balaban J connectivity index is 1.67. The normalized spacial score (nSPS) is 28.7. The van der Waals surface area contributed by atoms with Gasteiger partial charge < -0.3 is 20.5 Å². The summed E-state index contributed by atoms with van der Waals surface area (Å²) in [6, 6.07) is -1.78. The van der Waals surface area contributed by atoms with Gasteiger partial charge in [0.15, 0.2) is 0 Å². The van der Waals surface area contributed by atoms with Crippen LogP contribution >= 0.6 is 0 Å². The highest BCUT2D eigenvalue weighted by Crippen LogP contribution is 2.37. The number of amides is 3. The molecule has 9 heteroatoms. The van der Waals surface area contributed by atoms with E-state index in [4.69, 9.17) is 4.74 Å². The van der Waals surface area contributed by atoms with Gasteiger partial charge in [-0.15, -0.1) is 0 Å². The molecule has 2 aliphatic heterocycles. The molecule has 0 radical (unpaired) electrons. The molecule has 3 aliphatic rings. The highest BCUT2D eigenvalue weighted by Gasteiger charge is 2.44. The molecular formula is C20H31N3O6. The summed E-state index contributed by atoms with van der Waals surface area (Å²) in [6.07, 6.45) is 5.77. The first-order valence-corrected chi connectivity index (χ1v) is 10.6. The molecule has 2 saturated heterocycles. The number of nitrogens with one attached hydrogen (secondary N) is 2. The predicted octanol–water partition coefficient (Wildman–Crippen LogP) is 1.12. The number of hydrogen-bond acceptors (Lipinski definition) is 5. The summed E-state index contributed by atoms with van der Waals surface area (Å²) in [6.45, 7) is 0.899. The van der Waals surface area contributed by atoms with Crippen molar-refractivity contribution in [1.82, 2.24) is 15.5 Å². The zero-order chi connectivity index (χ0) is 21.0. The molecule has 2 unspecified atom stereocenters. The van der Waals surface area contributed by atoms with Gasteiger partial charge in [0.25, 0.3) is 0 Å². The van der Waals surface area contributed by atoms with Gasteiger partial charge in [-0.1, -0.05) is 32.1 Å². The molecule has 9 nitrogen and oxygen atoms in total. The summed E-state index contributed by atoms with van der Waals surface area (Å²) in [4.78, 5) is 49.9. The Kier molecular flexibility index (Phi) is 6.97. The monoisotopic (exact) mass is 409 g/mol. The lowest BCUT2D eigenvalue weighted by Gasteiger charge is -2.26. The number of esters is 1. The van der Waals surface area contributed by atoms with E-state index in [0.717, 1.165) is 25.7 Å². The third-order valence-electron chi connectivity index (χ3n) is 6.68. The average Bonchev–Trinajstić information content (AvgIpc) is 3.34. The van der Waals surface area contributed by atoms with Crippen LogP contribution in [0.4, 0.5) is 4.79 Å². The molecule has 3 fully saturated rings. The third-order valence-corrected chi connectivity index (χ3v) is 6.68. The van der Waals surface area contributed by atoms with Crippen molar-refractivity contribution < 1.29 is 29.0 Å². The van der Waals surface area contributed by atoms with Crippen molar-refractivity contribution in [1.29, 1.82) is 0 Å². The van der Waals surface area contributed by atoms with Gasteiger partial charge in [-0.25, -0.2) is 9.59 Å². The molecule has 2 heterocycles. The zero-order valence-electron chi connectivity index (χ0n) is 16.9. The van der Waals surface area contributed by atoms with E-state index in [1.54, 1.807) is 0 Å². The molecule has 0 aromatic heterocycles. The van der Waals surface area contributed by atoms with E-state index in [1.165, 1.54) is 18.4 Å². The largest absolute Gasteiger partial charge is 0.467 e. The summed E-state index contributed by atoms with van der Waals surface area (Å²) in [7, 11) is 1.23. The van der Waals surface area contributed by atoms with E-state index in [1.807, 2.05) is 0 Å². The van der Waals surface area contributed by atoms with Crippen molar-refractivity contribution in [3.8, 4) is 0 Å². The Morgan fingerprint density at radius 2 is 1.93 bits per heavy atom. The van der Waals surface area contributed by atoms with Gasteiger partial charge >= 0.3 is 12.1 Å². The first-order valence-electron chi connectivity index (χ1n) is 10.6. The minimum Gasteiger partial charge on any atom is -0.467 e. The maximum atomic E-state index is 13.0. The fraction of sp³-hybridized carbons (Fsp3) is 0.800. The summed E-state index contributed by atoms with van der Waals surface area (Å²) in [5.41, 5.74) is 0. The average molecular weight is 409 g/mol. The standard InChI is InChI=1S/C20H31N3O6/c1-29-19(26)15(9-13-7-8-21-17(13)24)22-18(25)16-10-14(11-23(16)20(27)28)12-5-3-2-4-6-12/h12-16H,2-11H2,1H3,(H,21,24)(H,22,25)(H,27,28)/t13-,14?,15-,16?/m0/s1. The molecule has 0 aromatic rings. The summed E-state index contributed by atoms with van der Waals surface area (Å²) in [5.74, 6) is -1.00. The van der Waals surface area contributed by atoms with Crippen LogP contribution in [0.3, 0.4) is 0 Å². The van der Waals surface area contributed by atoms with Crippen LogP contribution in [-0.4, -0.2) is 66.2 Å². The number of hydrogen-bond donors (Lipinski definition) is 3. The second-order valence-corrected chi connectivity index (χ2v) is 8.44. The van der Waals surface area contributed by atoms with E-state index in [0.29, 0.717) is 31.8 Å². The Labute approximate surface area is 170 Å². The van der Waals surface area contributed by atoms with Crippen molar-refractivity contribution in [2.24, 2.45) is 17.8 Å². The van der Waals surface area contributed by atoms with E-state index in [9.17, 15) is 24.3 Å². The van der Waals surface area contributed by atoms with Crippen LogP contribution in [0.2, 0.25) is 0 Å². The van der Waals surface area contributed by atoms with Gasteiger partial charge in [-0.05, 0) is 31.1 Å². The molecule has 1 saturated carbocycles. The fourth-order valence-corrected chi connectivity index (χ4v) is 5.05. The molecule has 29 heavy (non-hydrogen) atoms. The summed E-state index contributed by atoms with van der Waals surface area (Å²) < 4.78 is 4.80. The van der Waals surface area contributed by atoms with Crippen molar-refractivity contribution in [2.75, 3.05) is 20.2 Å². The maximum absolute atomic E-state index is 13.0. The second-order valence-electron chi connectivity index (χ2n) is 8.44. The number of carbonyl (C=O) groups is 4. The molecule has 162 valence electrons. The van der Waals surface area contributed by atoms with Crippen LogP contribution in [0.15, 0.2) is 0 Å². The Morgan fingerprint density at radius 3 is 2.52 bits per heavy atom. The summed E-state index contributed by atoms with van der Waals surface area (Å²) in [5, 5.41) is 15.0. The molecule has 3 N–H and O–H groups in total. The molecule has 3 amide bonds. The van der Waals surface area contributed by atoms with E-state index in [2.05, 4.69) is 10.6 Å². The minimum atomic E-state index is -1.12. The van der Waals surface area contributed by atoms with Crippen molar-refractivity contribution in [3.05, 3.63) is 0 Å². The van der Waals surface area contributed by atoms with E-state index >= 15 is 0 Å². The first kappa shape index (κ1) is 21.4. The Hall–Kier alpha value is -2.32. The number of carboxylic acid groups (broad SMARTS) is 1. The van der Waals surface area contributed by atoms with Crippen LogP contribution in [0.25, 0.3) is 0 Å². The van der Waals surface area contributed by atoms with Crippen LogP contribution in [0, 0.1) is 17.8 Å². The lowest BCUT2D eigenvalue weighted by Crippen LogP contribution is -2.51.